The van der Waals surface area contributed by atoms with Crippen LogP contribution in [-0.2, 0) is 0 Å². The van der Waals surface area contributed by atoms with E-state index in [1.54, 1.807) is 16.9 Å². The maximum absolute atomic E-state index is 11.7. The van der Waals surface area contributed by atoms with Crippen molar-refractivity contribution in [1.29, 1.82) is 0 Å². The van der Waals surface area contributed by atoms with Crippen LogP contribution < -0.4 is 5.63 Å². The van der Waals surface area contributed by atoms with Crippen molar-refractivity contribution in [3.05, 3.63) is 75.6 Å². The molecule has 0 saturated carbocycles. The first-order chi connectivity index (χ1) is 12.2. The van der Waals surface area contributed by atoms with Gasteiger partial charge in [0.25, 0.3) is 0 Å². The van der Waals surface area contributed by atoms with Crippen LogP contribution in [0, 0.1) is 0 Å². The van der Waals surface area contributed by atoms with Crippen LogP contribution in [-0.4, -0.2) is 15.0 Å². The normalized spacial score (nSPS) is 11.6. The van der Waals surface area contributed by atoms with Gasteiger partial charge in [0, 0.05) is 16.8 Å². The van der Waals surface area contributed by atoms with E-state index in [2.05, 4.69) is 32.2 Å². The number of aromatic nitrogens is 3. The molecule has 5 aromatic rings. The Morgan fingerprint density at radius 1 is 0.920 bits per heavy atom. The molecule has 120 valence electrons. The summed E-state index contributed by atoms with van der Waals surface area (Å²) in [7, 11) is 0. The van der Waals surface area contributed by atoms with Gasteiger partial charge in [-0.05, 0) is 45.6 Å². The van der Waals surface area contributed by atoms with Crippen molar-refractivity contribution >= 4 is 48.7 Å². The fourth-order valence-electron chi connectivity index (χ4n) is 2.96. The summed E-state index contributed by atoms with van der Waals surface area (Å²) in [5.74, 6) is 0. The molecule has 3 aromatic carbocycles. The lowest BCUT2D eigenvalue weighted by molar-refractivity contribution is 0.556. The molecule has 5 rings (SSSR count). The van der Waals surface area contributed by atoms with E-state index in [9.17, 15) is 4.79 Å². The highest BCUT2D eigenvalue weighted by Crippen LogP contribution is 2.24. The summed E-state index contributed by atoms with van der Waals surface area (Å²) >= 11 is 3.19. The second-order valence-electron chi connectivity index (χ2n) is 5.75. The molecular weight excluding hydrogens is 382 g/mol. The molecule has 6 heteroatoms. The maximum atomic E-state index is 11.7. The van der Waals surface area contributed by atoms with Gasteiger partial charge in [0.2, 0.25) is 0 Å². The largest absolute Gasteiger partial charge is 0.422 e. The van der Waals surface area contributed by atoms with E-state index in [-0.39, 0.29) is 0 Å². The Morgan fingerprint density at radius 2 is 1.76 bits per heavy atom. The minimum absolute atomic E-state index is 0.405. The molecule has 0 aliphatic rings. The minimum Gasteiger partial charge on any atom is -0.422 e. The predicted molar refractivity (Wildman–Crippen MR) is 100 cm³/mol. The van der Waals surface area contributed by atoms with Gasteiger partial charge in [-0.25, -0.2) is 4.79 Å². The van der Waals surface area contributed by atoms with Gasteiger partial charge in [-0.3, -0.25) is 0 Å². The number of halogens is 1. The van der Waals surface area contributed by atoms with Crippen molar-refractivity contribution in [2.75, 3.05) is 0 Å². The second kappa shape index (κ2) is 5.26. The summed E-state index contributed by atoms with van der Waals surface area (Å²) in [6.07, 6.45) is 0. The van der Waals surface area contributed by atoms with Crippen molar-refractivity contribution < 1.29 is 4.42 Å². The number of benzene rings is 3. The summed E-state index contributed by atoms with van der Waals surface area (Å²) in [6.45, 7) is 0. The van der Waals surface area contributed by atoms with Crippen molar-refractivity contribution in [3.8, 4) is 5.69 Å². The molecule has 2 heterocycles. The monoisotopic (exact) mass is 391 g/mol. The lowest BCUT2D eigenvalue weighted by Gasteiger charge is -2.01. The van der Waals surface area contributed by atoms with Crippen LogP contribution in [0.2, 0.25) is 0 Å². The molecule has 5 nitrogen and oxygen atoms in total. The molecule has 2 aromatic heterocycles. The number of hydrogen-bond acceptors (Lipinski definition) is 4. The third-order valence-electron chi connectivity index (χ3n) is 4.18. The summed E-state index contributed by atoms with van der Waals surface area (Å²) < 4.78 is 5.73. The molecule has 0 atom stereocenters. The molecule has 0 aliphatic heterocycles. The lowest BCUT2D eigenvalue weighted by Crippen LogP contribution is -2.01. The zero-order chi connectivity index (χ0) is 17.0. The molecule has 25 heavy (non-hydrogen) atoms. The summed E-state index contributed by atoms with van der Waals surface area (Å²) in [5.41, 5.74) is 2.48. The smallest absolute Gasteiger partial charge is 0.350 e. The minimum atomic E-state index is -0.408. The molecule has 0 saturated heterocycles. The van der Waals surface area contributed by atoms with Crippen LogP contribution >= 0.6 is 15.9 Å². The fraction of sp³-hybridized carbons (Fsp3) is 0. The molecule has 0 aliphatic carbocycles. The van der Waals surface area contributed by atoms with Gasteiger partial charge < -0.3 is 4.42 Å². The first-order valence-corrected chi connectivity index (χ1v) is 8.47. The van der Waals surface area contributed by atoms with Crippen LogP contribution in [0.25, 0.3) is 38.5 Å². The third kappa shape index (κ3) is 2.26. The summed E-state index contributed by atoms with van der Waals surface area (Å²) in [4.78, 5) is 13.3. The Bertz CT molecular complexity index is 1340. The maximum Gasteiger partial charge on any atom is 0.350 e. The van der Waals surface area contributed by atoms with Gasteiger partial charge in [0.1, 0.15) is 21.1 Å². The predicted octanol–water partition coefficient (Wildman–Crippen LogP) is 4.44. The van der Waals surface area contributed by atoms with Crippen LogP contribution in [0.3, 0.4) is 0 Å². The zero-order valence-electron chi connectivity index (χ0n) is 12.8. The lowest BCUT2D eigenvalue weighted by atomic mass is 10.1. The van der Waals surface area contributed by atoms with Gasteiger partial charge >= 0.3 is 5.63 Å². The van der Waals surface area contributed by atoms with Crippen LogP contribution in [0.5, 0.6) is 0 Å². The molecule has 0 spiro atoms. The van der Waals surface area contributed by atoms with Gasteiger partial charge in [-0.2, -0.15) is 4.80 Å². The second-order valence-corrected chi connectivity index (χ2v) is 6.60. The van der Waals surface area contributed by atoms with E-state index < -0.39 is 5.63 Å². The van der Waals surface area contributed by atoms with Gasteiger partial charge in [-0.1, -0.05) is 30.3 Å². The fourth-order valence-corrected chi connectivity index (χ4v) is 3.29. The van der Waals surface area contributed by atoms with Crippen LogP contribution in [0.1, 0.15) is 0 Å². The highest BCUT2D eigenvalue weighted by molar-refractivity contribution is 9.10. The van der Waals surface area contributed by atoms with E-state index in [1.165, 1.54) is 0 Å². The van der Waals surface area contributed by atoms with Crippen LogP contribution in [0.4, 0.5) is 0 Å². The van der Waals surface area contributed by atoms with E-state index in [4.69, 9.17) is 4.42 Å². The third-order valence-corrected chi connectivity index (χ3v) is 4.74. The average Bonchev–Trinajstić information content (AvgIpc) is 3.07. The van der Waals surface area contributed by atoms with Gasteiger partial charge in [0.15, 0.2) is 0 Å². The Morgan fingerprint density at radius 3 is 2.68 bits per heavy atom. The Labute approximate surface area is 149 Å². The highest BCUT2D eigenvalue weighted by Gasteiger charge is 2.10. The molecular formula is C19H10BrN3O2. The topological polar surface area (TPSA) is 60.9 Å². The van der Waals surface area contributed by atoms with Crippen molar-refractivity contribution in [2.45, 2.75) is 0 Å². The van der Waals surface area contributed by atoms with Gasteiger partial charge in [0.05, 0.1) is 5.69 Å². The Kier molecular flexibility index (Phi) is 3.02. The van der Waals surface area contributed by atoms with E-state index in [0.29, 0.717) is 10.1 Å². The van der Waals surface area contributed by atoms with E-state index >= 15 is 0 Å². The first-order valence-electron chi connectivity index (χ1n) is 7.68. The molecule has 0 amide bonds. The van der Waals surface area contributed by atoms with Crippen molar-refractivity contribution in [1.82, 2.24) is 15.0 Å². The number of hydrogen-bond donors (Lipinski definition) is 0. The SMILES string of the molecule is O=c1oc2cc(-n3nc4ccc5ccccc5c4n3)ccc2cc1Br. The first kappa shape index (κ1) is 14.4. The van der Waals surface area contributed by atoms with E-state index in [0.717, 1.165) is 32.9 Å². The Balaban J connectivity index is 1.75. The van der Waals surface area contributed by atoms with Gasteiger partial charge in [-0.15, -0.1) is 10.2 Å². The van der Waals surface area contributed by atoms with Crippen LogP contribution in [0.15, 0.2) is 74.3 Å². The quantitative estimate of drug-likeness (QED) is 0.396. The molecule has 0 radical (unpaired) electrons. The molecule has 0 N–H and O–H groups in total. The van der Waals surface area contributed by atoms with Crippen molar-refractivity contribution in [2.24, 2.45) is 0 Å². The zero-order valence-corrected chi connectivity index (χ0v) is 14.4. The highest BCUT2D eigenvalue weighted by atomic mass is 79.9. The number of fused-ring (bicyclic) bond motifs is 4. The molecule has 0 bridgehead atoms. The van der Waals surface area contributed by atoms with E-state index in [1.807, 2.05) is 42.5 Å². The molecule has 0 fully saturated rings. The standard InChI is InChI=1S/C19H10BrN3O2/c20-15-9-12-5-7-13(10-17(12)25-19(15)24)23-21-16-8-6-11-3-1-2-4-14(11)18(16)22-23/h1-10H. The summed E-state index contributed by atoms with van der Waals surface area (Å²) in [6, 6.07) is 19.4. The molecule has 0 unspecified atom stereocenters. The number of nitrogens with zero attached hydrogens (tertiary/aromatic N) is 3. The number of rotatable bonds is 1. The summed E-state index contributed by atoms with van der Waals surface area (Å²) in [5, 5.41) is 12.2. The average molecular weight is 392 g/mol. The Hall–Kier alpha value is -2.99. The van der Waals surface area contributed by atoms with Crippen molar-refractivity contribution in [3.63, 3.8) is 0 Å².